The zero-order valence-corrected chi connectivity index (χ0v) is 10.3. The van der Waals surface area contributed by atoms with Gasteiger partial charge in [0, 0.05) is 30.3 Å². The van der Waals surface area contributed by atoms with Crippen LogP contribution in [0.2, 0.25) is 0 Å². The number of rotatable bonds is 2. The molecule has 0 saturated carbocycles. The van der Waals surface area contributed by atoms with E-state index in [-0.39, 0.29) is 0 Å². The smallest absolute Gasteiger partial charge is 0.0688 e. The van der Waals surface area contributed by atoms with E-state index in [0.29, 0.717) is 12.1 Å². The Balaban J connectivity index is 1.63. The van der Waals surface area contributed by atoms with E-state index in [1.165, 1.54) is 29.7 Å². The summed E-state index contributed by atoms with van der Waals surface area (Å²) in [6.07, 6.45) is 5.92. The topological polar surface area (TPSA) is 29.9 Å². The monoisotopic (exact) mass is 239 g/mol. The lowest BCUT2D eigenvalue weighted by atomic mass is 10.0. The highest BCUT2D eigenvalue weighted by molar-refractivity contribution is 5.28. The maximum atomic E-state index is 4.76. The van der Waals surface area contributed by atoms with E-state index in [0.717, 1.165) is 13.0 Å². The molecule has 3 nitrogen and oxygen atoms in total. The van der Waals surface area contributed by atoms with E-state index in [1.54, 1.807) is 0 Å². The Kier molecular flexibility index (Phi) is 2.27. The fourth-order valence-electron chi connectivity index (χ4n) is 3.24. The van der Waals surface area contributed by atoms with Gasteiger partial charge in [-0.15, -0.1) is 0 Å². The largest absolute Gasteiger partial charge is 0.307 e. The van der Waals surface area contributed by atoms with Crippen LogP contribution in [0.5, 0.6) is 0 Å². The van der Waals surface area contributed by atoms with Crippen LogP contribution in [-0.4, -0.2) is 15.8 Å². The summed E-state index contributed by atoms with van der Waals surface area (Å²) in [7, 11) is 0. The highest BCUT2D eigenvalue weighted by Gasteiger charge is 2.34. The summed E-state index contributed by atoms with van der Waals surface area (Å²) in [4.78, 5) is 0. The molecule has 0 spiro atoms. The minimum atomic E-state index is 0.559. The van der Waals surface area contributed by atoms with E-state index in [1.807, 2.05) is 0 Å². The van der Waals surface area contributed by atoms with Crippen molar-refractivity contribution in [2.24, 2.45) is 0 Å². The molecule has 2 aromatic rings. The molecule has 0 amide bonds. The predicted molar refractivity (Wildman–Crippen MR) is 70.4 cm³/mol. The van der Waals surface area contributed by atoms with Gasteiger partial charge >= 0.3 is 0 Å². The molecule has 2 aliphatic heterocycles. The molecule has 92 valence electrons. The second-order valence-corrected chi connectivity index (χ2v) is 5.41. The fourth-order valence-corrected chi connectivity index (χ4v) is 3.24. The second kappa shape index (κ2) is 3.95. The van der Waals surface area contributed by atoms with E-state index in [4.69, 9.17) is 5.10 Å². The van der Waals surface area contributed by atoms with E-state index < -0.39 is 0 Å². The van der Waals surface area contributed by atoms with Crippen molar-refractivity contribution in [1.82, 2.24) is 15.1 Å². The molecule has 0 radical (unpaired) electrons. The molecule has 0 unspecified atom stereocenters. The van der Waals surface area contributed by atoms with Gasteiger partial charge in [-0.2, -0.15) is 5.10 Å². The van der Waals surface area contributed by atoms with Crippen LogP contribution in [0.3, 0.4) is 0 Å². The van der Waals surface area contributed by atoms with Gasteiger partial charge in [-0.3, -0.25) is 4.68 Å². The second-order valence-electron chi connectivity index (χ2n) is 5.41. The SMILES string of the molecule is c1ccc(Cn2cc3c(n2)C[C@@H]2CC[C@H]3N2)cc1. The summed E-state index contributed by atoms with van der Waals surface area (Å²) in [5, 5.41) is 8.43. The van der Waals surface area contributed by atoms with Crippen LogP contribution in [0.25, 0.3) is 0 Å². The lowest BCUT2D eigenvalue weighted by Crippen LogP contribution is -2.31. The van der Waals surface area contributed by atoms with Crippen LogP contribution < -0.4 is 5.32 Å². The minimum Gasteiger partial charge on any atom is -0.307 e. The summed E-state index contributed by atoms with van der Waals surface area (Å²) in [5.74, 6) is 0. The number of fused-ring (bicyclic) bond motifs is 4. The van der Waals surface area contributed by atoms with Gasteiger partial charge in [-0.25, -0.2) is 0 Å². The van der Waals surface area contributed by atoms with Gasteiger partial charge in [0.05, 0.1) is 12.2 Å². The maximum absolute atomic E-state index is 4.76. The van der Waals surface area contributed by atoms with Crippen molar-refractivity contribution in [1.29, 1.82) is 0 Å². The Morgan fingerprint density at radius 3 is 3.00 bits per heavy atom. The molecule has 1 aromatic heterocycles. The van der Waals surface area contributed by atoms with Crippen molar-refractivity contribution in [3.05, 3.63) is 53.3 Å². The van der Waals surface area contributed by atoms with Crippen LogP contribution >= 0.6 is 0 Å². The van der Waals surface area contributed by atoms with E-state index in [2.05, 4.69) is 46.5 Å². The molecule has 18 heavy (non-hydrogen) atoms. The van der Waals surface area contributed by atoms with Gasteiger partial charge in [-0.05, 0) is 18.4 Å². The molecule has 2 bridgehead atoms. The number of nitrogens with zero attached hydrogens (tertiary/aromatic N) is 2. The van der Waals surface area contributed by atoms with Crippen molar-refractivity contribution in [3.8, 4) is 0 Å². The molecule has 0 aliphatic carbocycles. The summed E-state index contributed by atoms with van der Waals surface area (Å²) in [6.45, 7) is 0.880. The van der Waals surface area contributed by atoms with Crippen LogP contribution in [0.15, 0.2) is 36.5 Å². The molecule has 4 rings (SSSR count). The quantitative estimate of drug-likeness (QED) is 0.871. The number of benzene rings is 1. The number of hydrogen-bond acceptors (Lipinski definition) is 2. The Morgan fingerprint density at radius 2 is 2.11 bits per heavy atom. The van der Waals surface area contributed by atoms with E-state index >= 15 is 0 Å². The molecule has 2 aliphatic rings. The molecule has 3 heteroatoms. The Labute approximate surface area is 107 Å². The lowest BCUT2D eigenvalue weighted by Gasteiger charge is -2.19. The highest BCUT2D eigenvalue weighted by atomic mass is 15.3. The zero-order chi connectivity index (χ0) is 11.9. The minimum absolute atomic E-state index is 0.559. The fraction of sp³-hybridized carbons (Fsp3) is 0.400. The van der Waals surface area contributed by atoms with Crippen LogP contribution in [0.1, 0.15) is 35.7 Å². The van der Waals surface area contributed by atoms with Crippen molar-refractivity contribution < 1.29 is 0 Å². The van der Waals surface area contributed by atoms with Gasteiger partial charge in [0.25, 0.3) is 0 Å². The normalized spacial score (nSPS) is 25.1. The summed E-state index contributed by atoms with van der Waals surface area (Å²) in [5.41, 5.74) is 4.06. The van der Waals surface area contributed by atoms with Gasteiger partial charge in [-0.1, -0.05) is 30.3 Å². The lowest BCUT2D eigenvalue weighted by molar-refractivity contribution is 0.509. The van der Waals surface area contributed by atoms with Gasteiger partial charge in [0.2, 0.25) is 0 Å². The summed E-state index contributed by atoms with van der Waals surface area (Å²) in [6, 6.07) is 11.8. The Morgan fingerprint density at radius 1 is 1.22 bits per heavy atom. The average Bonchev–Trinajstić information content (AvgIpc) is 2.97. The third-order valence-electron chi connectivity index (χ3n) is 4.11. The average molecular weight is 239 g/mol. The molecular weight excluding hydrogens is 222 g/mol. The highest BCUT2D eigenvalue weighted by Crippen LogP contribution is 2.35. The molecule has 1 N–H and O–H groups in total. The molecular formula is C15H17N3. The first-order chi connectivity index (χ1) is 8.88. The van der Waals surface area contributed by atoms with Crippen LogP contribution in [-0.2, 0) is 13.0 Å². The zero-order valence-electron chi connectivity index (χ0n) is 10.3. The van der Waals surface area contributed by atoms with Crippen molar-refractivity contribution in [2.45, 2.75) is 37.9 Å². The molecule has 2 atom stereocenters. The third-order valence-corrected chi connectivity index (χ3v) is 4.11. The van der Waals surface area contributed by atoms with Crippen molar-refractivity contribution in [2.75, 3.05) is 0 Å². The van der Waals surface area contributed by atoms with Gasteiger partial charge in [0.1, 0.15) is 0 Å². The number of hydrogen-bond donors (Lipinski definition) is 1. The maximum Gasteiger partial charge on any atom is 0.0688 e. The summed E-state index contributed by atoms with van der Waals surface area (Å²) >= 11 is 0. The van der Waals surface area contributed by atoms with Crippen molar-refractivity contribution in [3.63, 3.8) is 0 Å². The Bertz CT molecular complexity index is 558. The van der Waals surface area contributed by atoms with Crippen molar-refractivity contribution >= 4 is 0 Å². The first kappa shape index (κ1) is 10.3. The number of nitrogens with one attached hydrogen (secondary N) is 1. The van der Waals surface area contributed by atoms with Gasteiger partial charge in [0.15, 0.2) is 0 Å². The first-order valence-electron chi connectivity index (χ1n) is 6.75. The molecule has 3 heterocycles. The molecule has 1 fully saturated rings. The standard InChI is InChI=1S/C15H17N3/c1-2-4-11(5-3-1)9-18-10-13-14-7-6-12(16-14)8-15(13)17-18/h1-5,10,12,14,16H,6-9H2/t12-,14+/m0/s1. The first-order valence-corrected chi connectivity index (χ1v) is 6.75. The third kappa shape index (κ3) is 1.66. The van der Waals surface area contributed by atoms with Crippen LogP contribution in [0.4, 0.5) is 0 Å². The molecule has 1 aromatic carbocycles. The summed E-state index contributed by atoms with van der Waals surface area (Å²) < 4.78 is 2.10. The molecule has 1 saturated heterocycles. The van der Waals surface area contributed by atoms with Crippen LogP contribution in [0, 0.1) is 0 Å². The van der Waals surface area contributed by atoms with E-state index in [9.17, 15) is 0 Å². The predicted octanol–water partition coefficient (Wildman–Crippen LogP) is 2.28. The Hall–Kier alpha value is -1.61. The van der Waals surface area contributed by atoms with Gasteiger partial charge < -0.3 is 5.32 Å². The number of aromatic nitrogens is 2.